The maximum atomic E-state index is 11.5. The van der Waals surface area contributed by atoms with Gasteiger partial charge in [-0.2, -0.15) is 4.57 Å². The molecule has 2 N–H and O–H groups in total. The van der Waals surface area contributed by atoms with Gasteiger partial charge in [0.2, 0.25) is 0 Å². The van der Waals surface area contributed by atoms with E-state index in [1.807, 2.05) is 4.57 Å². The van der Waals surface area contributed by atoms with Crippen molar-refractivity contribution >= 4 is 21.4 Å². The van der Waals surface area contributed by atoms with E-state index in [4.69, 9.17) is 5.14 Å². The van der Waals surface area contributed by atoms with Crippen LogP contribution in [0.25, 0.3) is 5.13 Å². The Kier molecular flexibility index (Phi) is 5.41. The molecule has 0 saturated heterocycles. The Morgan fingerprint density at radius 3 is 2.04 bits per heavy atom. The third-order valence-electron chi connectivity index (χ3n) is 3.57. The molecule has 0 fully saturated rings. The highest BCUT2D eigenvalue weighted by Gasteiger charge is 2.27. The second-order valence-electron chi connectivity index (χ2n) is 7.02. The van der Waals surface area contributed by atoms with E-state index in [0.717, 1.165) is 42.0 Å². The molecule has 0 aromatic carbocycles. The Hall–Kier alpha value is -1.38. The molecule has 24 heavy (non-hydrogen) atoms. The van der Waals surface area contributed by atoms with E-state index in [9.17, 15) is 8.42 Å². The van der Waals surface area contributed by atoms with E-state index in [-0.39, 0.29) is 9.75 Å². The van der Waals surface area contributed by atoms with Crippen molar-refractivity contribution in [3.63, 3.8) is 0 Å². The number of rotatable bonds is 5. The average Bonchev–Trinajstić information content (AvgIpc) is 2.93. The van der Waals surface area contributed by atoms with Gasteiger partial charge < -0.3 is 0 Å². The predicted molar refractivity (Wildman–Crippen MR) is 94.7 cm³/mol. The number of sulfonamides is 1. The number of pyridine rings is 1. The molecule has 0 aliphatic carbocycles. The molecule has 0 radical (unpaired) electrons. The van der Waals surface area contributed by atoms with Crippen LogP contribution >= 0.6 is 11.3 Å². The number of hydrogen-bond donors (Lipinski definition) is 1. The Bertz CT molecular complexity index is 811. The van der Waals surface area contributed by atoms with Crippen LogP contribution in [0.5, 0.6) is 0 Å². The van der Waals surface area contributed by atoms with Crippen molar-refractivity contribution in [1.82, 2.24) is 10.2 Å². The molecule has 0 aliphatic rings. The van der Waals surface area contributed by atoms with Gasteiger partial charge >= 0.3 is 5.13 Å². The third kappa shape index (κ3) is 4.37. The van der Waals surface area contributed by atoms with Crippen LogP contribution in [-0.2, 0) is 29.3 Å². The van der Waals surface area contributed by atoms with Crippen LogP contribution < -0.4 is 9.71 Å². The molecule has 0 unspecified atom stereocenters. The summed E-state index contributed by atoms with van der Waals surface area (Å²) in [6, 6.07) is 4.34. The summed E-state index contributed by atoms with van der Waals surface area (Å²) in [5.41, 5.74) is 3.66. The first-order valence-electron chi connectivity index (χ1n) is 7.98. The van der Waals surface area contributed by atoms with Crippen LogP contribution in [0.3, 0.4) is 0 Å². The molecular formula is C16H25N4O2S2+. The first kappa shape index (κ1) is 19.0. The Balaban J connectivity index is 2.59. The van der Waals surface area contributed by atoms with Gasteiger partial charge in [0.25, 0.3) is 14.4 Å². The van der Waals surface area contributed by atoms with Crippen molar-refractivity contribution in [2.75, 3.05) is 0 Å². The molecule has 2 aromatic heterocycles. The minimum Gasteiger partial charge on any atom is -0.222 e. The highest BCUT2D eigenvalue weighted by Crippen LogP contribution is 2.23. The zero-order valence-corrected chi connectivity index (χ0v) is 16.5. The van der Waals surface area contributed by atoms with Crippen molar-refractivity contribution < 1.29 is 13.0 Å². The molecule has 0 saturated carbocycles. The summed E-state index contributed by atoms with van der Waals surface area (Å²) >= 11 is 0.999. The van der Waals surface area contributed by atoms with Crippen molar-refractivity contribution in [2.45, 2.75) is 58.2 Å². The van der Waals surface area contributed by atoms with Gasteiger partial charge in [-0.15, -0.1) is 0 Å². The van der Waals surface area contributed by atoms with E-state index in [1.165, 1.54) is 5.56 Å². The molecular weight excluding hydrogens is 344 g/mol. The van der Waals surface area contributed by atoms with Crippen LogP contribution in [0.1, 0.15) is 51.6 Å². The van der Waals surface area contributed by atoms with Crippen LogP contribution in [-0.4, -0.2) is 18.6 Å². The lowest BCUT2D eigenvalue weighted by Gasteiger charge is -2.19. The van der Waals surface area contributed by atoms with Gasteiger partial charge in [0.15, 0.2) is 0 Å². The van der Waals surface area contributed by atoms with E-state index >= 15 is 0 Å². The van der Waals surface area contributed by atoms with E-state index in [2.05, 4.69) is 56.9 Å². The lowest BCUT2D eigenvalue weighted by molar-refractivity contribution is -0.612. The minimum atomic E-state index is -3.83. The van der Waals surface area contributed by atoms with Crippen molar-refractivity contribution in [1.29, 1.82) is 0 Å². The molecule has 2 aromatic rings. The van der Waals surface area contributed by atoms with Gasteiger partial charge in [-0.3, -0.25) is 0 Å². The monoisotopic (exact) mass is 369 g/mol. The topological polar surface area (TPSA) is 89.8 Å². The molecule has 0 aliphatic heterocycles. The van der Waals surface area contributed by atoms with Crippen molar-refractivity contribution in [3.05, 3.63) is 29.1 Å². The first-order chi connectivity index (χ1) is 11.0. The van der Waals surface area contributed by atoms with Gasteiger partial charge in [0.05, 0.1) is 5.10 Å². The number of nitrogens with zero attached hydrogens (tertiary/aromatic N) is 3. The first-order valence-corrected chi connectivity index (χ1v) is 10.3. The highest BCUT2D eigenvalue weighted by atomic mass is 32.2. The maximum absolute atomic E-state index is 11.5. The molecule has 2 heterocycles. The SMILES string of the molecule is CCc1cc(CC(C)(C)C)cc(CC)[n+]1-c1nnc(S(N)(=O)=O)s1. The quantitative estimate of drug-likeness (QED) is 0.818. The number of primary sulfonamides is 1. The van der Waals surface area contributed by atoms with Gasteiger partial charge in [-0.05, 0) is 46.0 Å². The zero-order valence-electron chi connectivity index (χ0n) is 14.8. The van der Waals surface area contributed by atoms with E-state index in [1.54, 1.807) is 0 Å². The maximum Gasteiger partial charge on any atom is 0.416 e. The summed E-state index contributed by atoms with van der Waals surface area (Å²) in [7, 11) is -3.83. The van der Waals surface area contributed by atoms with Gasteiger partial charge in [-0.25, -0.2) is 13.6 Å². The van der Waals surface area contributed by atoms with Gasteiger partial charge in [0.1, 0.15) is 11.4 Å². The molecule has 6 nitrogen and oxygen atoms in total. The molecule has 0 bridgehead atoms. The summed E-state index contributed by atoms with van der Waals surface area (Å²) in [6.45, 7) is 10.8. The predicted octanol–water partition coefficient (Wildman–Crippen LogP) is 2.18. The normalized spacial score (nSPS) is 12.6. The van der Waals surface area contributed by atoms with E-state index < -0.39 is 10.0 Å². The summed E-state index contributed by atoms with van der Waals surface area (Å²) in [6.07, 6.45) is 2.61. The number of aryl methyl sites for hydroxylation is 2. The molecule has 132 valence electrons. The third-order valence-corrected chi connectivity index (χ3v) is 5.79. The number of hydrogen-bond acceptors (Lipinski definition) is 5. The average molecular weight is 370 g/mol. The van der Waals surface area contributed by atoms with Gasteiger partial charge in [0, 0.05) is 12.8 Å². The smallest absolute Gasteiger partial charge is 0.222 e. The molecule has 0 amide bonds. The molecule has 2 rings (SSSR count). The minimum absolute atomic E-state index is 0.159. The van der Waals surface area contributed by atoms with Crippen LogP contribution in [0.4, 0.5) is 0 Å². The Morgan fingerprint density at radius 1 is 1.12 bits per heavy atom. The fraction of sp³-hybridized carbons (Fsp3) is 0.562. The standard InChI is InChI=1S/C16H25N4O2S2/c1-6-12-8-11(10-16(3,4)5)9-13(7-2)20(12)14-18-19-15(23-14)24(17,21)22/h8-9H,6-7,10H2,1-5H3,(H2,17,21,22)/q+1. The lowest BCUT2D eigenvalue weighted by atomic mass is 9.87. The summed E-state index contributed by atoms with van der Waals surface area (Å²) in [5, 5.41) is 13.5. The Morgan fingerprint density at radius 2 is 1.67 bits per heavy atom. The number of nitrogens with two attached hydrogens (primary N) is 1. The summed E-state index contributed by atoms with van der Waals surface area (Å²) in [4.78, 5) is 0. The summed E-state index contributed by atoms with van der Waals surface area (Å²) < 4.78 is 24.8. The lowest BCUT2D eigenvalue weighted by Crippen LogP contribution is -2.40. The van der Waals surface area contributed by atoms with Crippen LogP contribution in [0.2, 0.25) is 0 Å². The molecule has 0 spiro atoms. The summed E-state index contributed by atoms with van der Waals surface area (Å²) in [5.74, 6) is 0. The van der Waals surface area contributed by atoms with Gasteiger partial charge in [-0.1, -0.05) is 34.6 Å². The Labute approximate surface area is 147 Å². The second kappa shape index (κ2) is 6.85. The van der Waals surface area contributed by atoms with Crippen molar-refractivity contribution in [3.8, 4) is 5.13 Å². The molecule has 0 atom stereocenters. The fourth-order valence-corrected chi connectivity index (χ4v) is 4.16. The van der Waals surface area contributed by atoms with Crippen LogP contribution in [0.15, 0.2) is 16.5 Å². The van der Waals surface area contributed by atoms with Crippen molar-refractivity contribution in [2.24, 2.45) is 10.6 Å². The molecule has 8 heteroatoms. The largest absolute Gasteiger partial charge is 0.416 e. The van der Waals surface area contributed by atoms with E-state index in [0.29, 0.717) is 5.13 Å². The number of aromatic nitrogens is 3. The fourth-order valence-electron chi connectivity index (χ4n) is 2.67. The second-order valence-corrected chi connectivity index (χ2v) is 9.71. The highest BCUT2D eigenvalue weighted by molar-refractivity contribution is 7.91. The van der Waals surface area contributed by atoms with Crippen LogP contribution in [0, 0.1) is 5.41 Å². The zero-order chi connectivity index (χ0) is 18.1.